The molecule has 0 aliphatic rings. The van der Waals surface area contributed by atoms with E-state index < -0.39 is 13.2 Å². The van der Waals surface area contributed by atoms with Crippen LogP contribution in [0.5, 0.6) is 0 Å². The van der Waals surface area contributed by atoms with E-state index in [4.69, 9.17) is 5.11 Å². The monoisotopic (exact) mass is 460 g/mol. The average molecular weight is 461 g/mol. The van der Waals surface area contributed by atoms with Gasteiger partial charge in [0, 0.05) is 6.42 Å². The summed E-state index contributed by atoms with van der Waals surface area (Å²) in [6.45, 7) is 11.6. The van der Waals surface area contributed by atoms with E-state index in [-0.39, 0.29) is 0 Å². The van der Waals surface area contributed by atoms with Crippen LogP contribution in [0.1, 0.15) is 150 Å². The van der Waals surface area contributed by atoms with E-state index in [1.165, 1.54) is 96.3 Å². The predicted octanol–water partition coefficient (Wildman–Crippen LogP) is 9.93. The first kappa shape index (κ1) is 33.1. The number of aliphatic carboxylic acids is 1. The molecule has 31 heavy (non-hydrogen) atoms. The summed E-state index contributed by atoms with van der Waals surface area (Å²) in [6, 6.07) is 0. The van der Waals surface area contributed by atoms with Crippen LogP contribution in [0.3, 0.4) is 0 Å². The van der Waals surface area contributed by atoms with Crippen LogP contribution >= 0.6 is 7.26 Å². The molecule has 0 aromatic heterocycles. The fraction of sp³-hybridized carbons (Fsp3) is 0.964. The van der Waals surface area contributed by atoms with Crippen molar-refractivity contribution in [2.24, 2.45) is 0 Å². The Bertz CT molecular complexity index is 335. The van der Waals surface area contributed by atoms with Crippen molar-refractivity contribution in [3.05, 3.63) is 0 Å². The van der Waals surface area contributed by atoms with Crippen LogP contribution in [0.25, 0.3) is 0 Å². The summed E-state index contributed by atoms with van der Waals surface area (Å²) < 4.78 is 0. The number of hydrogen-bond donors (Lipinski definition) is 1. The first-order valence-electron chi connectivity index (χ1n) is 14.2. The molecular weight excluding hydrogens is 399 g/mol. The minimum atomic E-state index is -0.908. The predicted molar refractivity (Wildman–Crippen MR) is 147 cm³/mol. The Balaban J connectivity index is 0. The van der Waals surface area contributed by atoms with Crippen LogP contribution < -0.4 is 0 Å². The second-order valence-corrected chi connectivity index (χ2v) is 14.9. The quantitative estimate of drug-likeness (QED) is 0.129. The maximum atomic E-state index is 10.1. The number of carbonyl (C=O) groups is 1. The van der Waals surface area contributed by atoms with Crippen LogP contribution in [0.15, 0.2) is 0 Å². The molecule has 190 valence electrons. The summed E-state index contributed by atoms with van der Waals surface area (Å²) in [5.41, 5.74) is 0. The van der Waals surface area contributed by atoms with E-state index in [1.54, 1.807) is 24.6 Å². The summed E-state index contributed by atoms with van der Waals surface area (Å²) >= 11 is 0. The first-order valence-corrected chi connectivity index (χ1v) is 17.1. The molecule has 0 amide bonds. The van der Waals surface area contributed by atoms with Crippen LogP contribution in [-0.2, 0) is 4.79 Å². The second-order valence-electron chi connectivity index (χ2n) is 9.89. The van der Waals surface area contributed by atoms with E-state index in [0.717, 1.165) is 12.8 Å². The second kappa shape index (κ2) is 26.2. The molecule has 2 nitrogen and oxygen atoms in total. The van der Waals surface area contributed by atoms with Crippen molar-refractivity contribution in [3.63, 3.8) is 0 Å². The van der Waals surface area contributed by atoms with Crippen molar-refractivity contribution in [1.29, 1.82) is 0 Å². The standard InChI is InChI=1S/C18H41P.C10H20O2/c1-5-9-13-14-18-19(15-10-6-2,16-11-7-3)17-12-8-4;1-2-3-4-5-6-7-8-9-10(11)12/h19H,5-18H2,1-4H3;2-9H2,1H3,(H,11,12). The van der Waals surface area contributed by atoms with Gasteiger partial charge in [0.25, 0.3) is 0 Å². The van der Waals surface area contributed by atoms with E-state index >= 15 is 0 Å². The van der Waals surface area contributed by atoms with Crippen molar-refractivity contribution in [1.82, 2.24) is 0 Å². The van der Waals surface area contributed by atoms with Gasteiger partial charge in [0.15, 0.2) is 0 Å². The molecule has 0 aliphatic carbocycles. The van der Waals surface area contributed by atoms with Crippen LogP contribution in [0.4, 0.5) is 0 Å². The van der Waals surface area contributed by atoms with Gasteiger partial charge in [0.1, 0.15) is 0 Å². The molecule has 0 radical (unpaired) electrons. The molecule has 0 heterocycles. The molecule has 0 fully saturated rings. The Labute approximate surface area is 198 Å². The van der Waals surface area contributed by atoms with Crippen molar-refractivity contribution < 1.29 is 9.90 Å². The molecular formula is C28H61O2P. The van der Waals surface area contributed by atoms with E-state index in [1.807, 2.05) is 0 Å². The van der Waals surface area contributed by atoms with Gasteiger partial charge in [-0.15, -0.1) is 0 Å². The van der Waals surface area contributed by atoms with Crippen LogP contribution in [0, 0.1) is 0 Å². The fourth-order valence-electron chi connectivity index (χ4n) is 4.57. The van der Waals surface area contributed by atoms with Gasteiger partial charge in [-0.2, -0.15) is 0 Å². The molecule has 0 aliphatic heterocycles. The van der Waals surface area contributed by atoms with Crippen molar-refractivity contribution >= 4 is 13.2 Å². The molecule has 0 spiro atoms. The van der Waals surface area contributed by atoms with Crippen molar-refractivity contribution in [3.8, 4) is 0 Å². The van der Waals surface area contributed by atoms with Gasteiger partial charge in [-0.05, 0) is 6.42 Å². The molecule has 0 saturated carbocycles. The fourth-order valence-corrected chi connectivity index (χ4v) is 10.4. The summed E-state index contributed by atoms with van der Waals surface area (Å²) in [4.78, 5) is 10.1. The van der Waals surface area contributed by atoms with Crippen molar-refractivity contribution in [2.45, 2.75) is 150 Å². The van der Waals surface area contributed by atoms with Crippen molar-refractivity contribution in [2.75, 3.05) is 24.6 Å². The number of carboxylic acids is 1. The Morgan fingerprint density at radius 1 is 0.484 bits per heavy atom. The zero-order valence-electron chi connectivity index (χ0n) is 22.4. The topological polar surface area (TPSA) is 37.3 Å². The van der Waals surface area contributed by atoms with Crippen LogP contribution in [-0.4, -0.2) is 35.7 Å². The van der Waals surface area contributed by atoms with Gasteiger partial charge in [0.05, 0.1) is 0 Å². The number of hydrogen-bond acceptors (Lipinski definition) is 1. The summed E-state index contributed by atoms with van der Waals surface area (Å²) in [5, 5.41) is 8.35. The summed E-state index contributed by atoms with van der Waals surface area (Å²) in [6.07, 6.45) is 29.8. The van der Waals surface area contributed by atoms with Gasteiger partial charge in [-0.3, -0.25) is 4.79 Å². The first-order chi connectivity index (χ1) is 15.0. The number of unbranched alkanes of at least 4 members (excludes halogenated alkanes) is 12. The van der Waals surface area contributed by atoms with Gasteiger partial charge in [-0.1, -0.05) is 45.4 Å². The molecule has 3 heteroatoms. The summed E-state index contributed by atoms with van der Waals surface area (Å²) in [5.74, 6) is -0.663. The van der Waals surface area contributed by atoms with E-state index in [2.05, 4.69) is 34.6 Å². The molecule has 0 bridgehead atoms. The number of carboxylic acid groups (broad SMARTS) is 1. The Morgan fingerprint density at radius 3 is 1.19 bits per heavy atom. The number of rotatable bonds is 22. The Kier molecular flexibility index (Phi) is 27.9. The molecule has 0 aromatic rings. The van der Waals surface area contributed by atoms with Crippen LogP contribution in [0.2, 0.25) is 0 Å². The van der Waals surface area contributed by atoms with Gasteiger partial charge in [-0.25, -0.2) is 0 Å². The third-order valence-electron chi connectivity index (χ3n) is 6.74. The molecule has 0 atom stereocenters. The Morgan fingerprint density at radius 2 is 0.806 bits per heavy atom. The maximum absolute atomic E-state index is 10.1. The Hall–Kier alpha value is -0.100. The third kappa shape index (κ3) is 24.4. The van der Waals surface area contributed by atoms with E-state index in [9.17, 15) is 4.79 Å². The molecule has 0 aromatic carbocycles. The van der Waals surface area contributed by atoms with Gasteiger partial charge in [0.2, 0.25) is 0 Å². The average Bonchev–Trinajstić information content (AvgIpc) is 2.77. The molecule has 0 rings (SSSR count). The van der Waals surface area contributed by atoms with Gasteiger partial charge < -0.3 is 5.11 Å². The molecule has 0 unspecified atom stereocenters. The summed E-state index contributed by atoms with van der Waals surface area (Å²) in [7, 11) is -0.908. The normalized spacial score (nSPS) is 11.8. The third-order valence-corrected chi connectivity index (χ3v) is 12.4. The zero-order valence-corrected chi connectivity index (χ0v) is 23.4. The SMILES string of the molecule is CCCCCCCCCC(=O)O.CCCCCC[PH](CCCC)(CCCC)CCCC. The zero-order chi connectivity index (χ0) is 23.6. The molecule has 0 saturated heterocycles. The van der Waals surface area contributed by atoms with Gasteiger partial charge >= 0.3 is 130 Å². The minimum absolute atomic E-state index is 0.341. The molecule has 1 N–H and O–H groups in total. The van der Waals surface area contributed by atoms with E-state index in [0.29, 0.717) is 6.42 Å².